The molecule has 0 saturated carbocycles. The Balaban J connectivity index is 2.06. The van der Waals surface area contributed by atoms with E-state index in [4.69, 9.17) is 5.73 Å². The van der Waals surface area contributed by atoms with Gasteiger partial charge in [-0.2, -0.15) is 0 Å². The van der Waals surface area contributed by atoms with Gasteiger partial charge < -0.3 is 15.5 Å². The second-order valence-electron chi connectivity index (χ2n) is 5.10. The number of amides is 1. The van der Waals surface area contributed by atoms with Crippen molar-refractivity contribution in [1.82, 2.24) is 9.80 Å². The van der Waals surface area contributed by atoms with Gasteiger partial charge in [-0.25, -0.2) is 0 Å². The molecule has 1 aliphatic heterocycles. The van der Waals surface area contributed by atoms with Crippen LogP contribution in [0.15, 0.2) is 24.3 Å². The second-order valence-corrected chi connectivity index (χ2v) is 5.10. The molecule has 0 spiro atoms. The maximum absolute atomic E-state index is 12.3. The van der Waals surface area contributed by atoms with E-state index in [1.54, 1.807) is 24.3 Å². The van der Waals surface area contributed by atoms with Gasteiger partial charge in [0.25, 0.3) is 5.91 Å². The van der Waals surface area contributed by atoms with E-state index in [0.29, 0.717) is 17.3 Å². The SMILES string of the molecule is CN1CCC[C@H](N(C)C(=O)c2ccc(N)cc2)C1. The minimum absolute atomic E-state index is 0.0790. The van der Waals surface area contributed by atoms with Crippen LogP contribution in [0.1, 0.15) is 23.2 Å². The molecule has 0 bridgehead atoms. The lowest BCUT2D eigenvalue weighted by atomic mass is 10.0. The van der Waals surface area contributed by atoms with Crippen LogP contribution in [-0.2, 0) is 0 Å². The Morgan fingerprint density at radius 3 is 2.67 bits per heavy atom. The summed E-state index contributed by atoms with van der Waals surface area (Å²) in [7, 11) is 4.00. The van der Waals surface area contributed by atoms with Gasteiger partial charge in [0.05, 0.1) is 0 Å². The fraction of sp³-hybridized carbons (Fsp3) is 0.500. The Kier molecular flexibility index (Phi) is 3.87. The molecule has 1 saturated heterocycles. The van der Waals surface area contributed by atoms with E-state index in [-0.39, 0.29) is 5.91 Å². The largest absolute Gasteiger partial charge is 0.399 e. The Hall–Kier alpha value is -1.55. The fourth-order valence-corrected chi connectivity index (χ4v) is 2.45. The third-order valence-electron chi connectivity index (χ3n) is 3.63. The molecule has 1 fully saturated rings. The van der Waals surface area contributed by atoms with Gasteiger partial charge in [-0.05, 0) is 50.7 Å². The zero-order chi connectivity index (χ0) is 13.1. The Morgan fingerprint density at radius 2 is 2.06 bits per heavy atom. The molecule has 98 valence electrons. The first-order valence-electron chi connectivity index (χ1n) is 6.39. The average Bonchev–Trinajstić information content (AvgIpc) is 2.38. The fourth-order valence-electron chi connectivity index (χ4n) is 2.45. The van der Waals surface area contributed by atoms with Crippen molar-refractivity contribution < 1.29 is 4.79 Å². The number of nitrogen functional groups attached to an aromatic ring is 1. The topological polar surface area (TPSA) is 49.6 Å². The van der Waals surface area contributed by atoms with Crippen LogP contribution in [0, 0.1) is 0 Å². The normalized spacial score (nSPS) is 20.7. The number of piperidine rings is 1. The molecule has 1 aromatic rings. The van der Waals surface area contributed by atoms with Gasteiger partial charge in [-0.1, -0.05) is 0 Å². The Morgan fingerprint density at radius 1 is 1.39 bits per heavy atom. The van der Waals surface area contributed by atoms with E-state index in [9.17, 15) is 4.79 Å². The summed E-state index contributed by atoms with van der Waals surface area (Å²) in [4.78, 5) is 16.5. The molecule has 2 rings (SSSR count). The predicted molar refractivity (Wildman–Crippen MR) is 73.5 cm³/mol. The lowest BCUT2D eigenvalue weighted by molar-refractivity contribution is 0.0644. The minimum atomic E-state index is 0.0790. The van der Waals surface area contributed by atoms with Gasteiger partial charge in [-0.15, -0.1) is 0 Å². The molecule has 0 unspecified atom stereocenters. The van der Waals surface area contributed by atoms with E-state index in [0.717, 1.165) is 25.9 Å². The van der Waals surface area contributed by atoms with Crippen molar-refractivity contribution in [3.63, 3.8) is 0 Å². The zero-order valence-corrected chi connectivity index (χ0v) is 11.1. The molecule has 18 heavy (non-hydrogen) atoms. The van der Waals surface area contributed by atoms with Crippen LogP contribution in [-0.4, -0.2) is 48.9 Å². The van der Waals surface area contributed by atoms with E-state index in [1.165, 1.54) is 0 Å². The lowest BCUT2D eigenvalue weighted by Gasteiger charge is -2.35. The first-order valence-corrected chi connectivity index (χ1v) is 6.39. The van der Waals surface area contributed by atoms with Gasteiger partial charge in [0.15, 0.2) is 0 Å². The summed E-state index contributed by atoms with van der Waals surface area (Å²) in [5.41, 5.74) is 7.03. The summed E-state index contributed by atoms with van der Waals surface area (Å²) in [5.74, 6) is 0.0790. The highest BCUT2D eigenvalue weighted by Crippen LogP contribution is 2.16. The number of nitrogens with zero attached hydrogens (tertiary/aromatic N) is 2. The first-order chi connectivity index (χ1) is 8.58. The molecule has 1 aliphatic rings. The Labute approximate surface area is 108 Å². The number of likely N-dealkylation sites (tertiary alicyclic amines) is 1. The lowest BCUT2D eigenvalue weighted by Crippen LogP contribution is -2.47. The number of hydrogen-bond acceptors (Lipinski definition) is 3. The van der Waals surface area contributed by atoms with E-state index in [1.807, 2.05) is 11.9 Å². The standard InChI is InChI=1S/C14H21N3O/c1-16-9-3-4-13(10-16)17(2)14(18)11-5-7-12(15)8-6-11/h5-8,13H,3-4,9-10,15H2,1-2H3/t13-/m0/s1. The highest BCUT2D eigenvalue weighted by atomic mass is 16.2. The number of nitrogens with two attached hydrogens (primary N) is 1. The monoisotopic (exact) mass is 247 g/mol. The van der Waals surface area contributed by atoms with Crippen LogP contribution in [0.2, 0.25) is 0 Å². The summed E-state index contributed by atoms with van der Waals surface area (Å²) in [6.07, 6.45) is 2.24. The van der Waals surface area contributed by atoms with Crippen molar-refractivity contribution in [2.45, 2.75) is 18.9 Å². The number of hydrogen-bond donors (Lipinski definition) is 1. The quantitative estimate of drug-likeness (QED) is 0.804. The van der Waals surface area contributed by atoms with Gasteiger partial charge in [-0.3, -0.25) is 4.79 Å². The van der Waals surface area contributed by atoms with Crippen LogP contribution in [0.25, 0.3) is 0 Å². The zero-order valence-electron chi connectivity index (χ0n) is 11.1. The number of carbonyl (C=O) groups excluding carboxylic acids is 1. The number of anilines is 1. The predicted octanol–water partition coefficient (Wildman–Crippen LogP) is 1.43. The maximum atomic E-state index is 12.3. The number of rotatable bonds is 2. The summed E-state index contributed by atoms with van der Waals surface area (Å²) >= 11 is 0. The van der Waals surface area contributed by atoms with Gasteiger partial charge in [0, 0.05) is 30.9 Å². The second kappa shape index (κ2) is 5.40. The smallest absolute Gasteiger partial charge is 0.253 e. The summed E-state index contributed by atoms with van der Waals surface area (Å²) in [5, 5.41) is 0. The molecule has 1 atom stereocenters. The molecule has 4 nitrogen and oxygen atoms in total. The van der Waals surface area contributed by atoms with Crippen molar-refractivity contribution in [3.8, 4) is 0 Å². The molecule has 0 radical (unpaired) electrons. The third kappa shape index (κ3) is 2.82. The molecule has 1 heterocycles. The maximum Gasteiger partial charge on any atom is 0.253 e. The number of carbonyl (C=O) groups is 1. The third-order valence-corrected chi connectivity index (χ3v) is 3.63. The first kappa shape index (κ1) is 12.9. The summed E-state index contributed by atoms with van der Waals surface area (Å²) in [6, 6.07) is 7.44. The Bertz CT molecular complexity index is 416. The van der Waals surface area contributed by atoms with E-state index in [2.05, 4.69) is 11.9 Å². The van der Waals surface area contributed by atoms with Crippen LogP contribution in [0.5, 0.6) is 0 Å². The molecule has 1 amide bonds. The van der Waals surface area contributed by atoms with E-state index < -0.39 is 0 Å². The summed E-state index contributed by atoms with van der Waals surface area (Å²) < 4.78 is 0. The van der Waals surface area contributed by atoms with Gasteiger partial charge in [0.1, 0.15) is 0 Å². The minimum Gasteiger partial charge on any atom is -0.399 e. The van der Waals surface area contributed by atoms with Crippen molar-refractivity contribution >= 4 is 11.6 Å². The highest BCUT2D eigenvalue weighted by molar-refractivity contribution is 5.94. The molecule has 1 aromatic carbocycles. The van der Waals surface area contributed by atoms with Crippen molar-refractivity contribution in [3.05, 3.63) is 29.8 Å². The van der Waals surface area contributed by atoms with Crippen molar-refractivity contribution in [2.75, 3.05) is 32.9 Å². The molecular weight excluding hydrogens is 226 g/mol. The molecule has 2 N–H and O–H groups in total. The van der Waals surface area contributed by atoms with Crippen LogP contribution >= 0.6 is 0 Å². The number of benzene rings is 1. The van der Waals surface area contributed by atoms with Gasteiger partial charge >= 0.3 is 0 Å². The average molecular weight is 247 g/mol. The molecule has 0 aliphatic carbocycles. The molecular formula is C14H21N3O. The summed E-state index contributed by atoms with van der Waals surface area (Å²) in [6.45, 7) is 2.08. The van der Waals surface area contributed by atoms with Crippen molar-refractivity contribution in [1.29, 1.82) is 0 Å². The van der Waals surface area contributed by atoms with Gasteiger partial charge in [0.2, 0.25) is 0 Å². The highest BCUT2D eigenvalue weighted by Gasteiger charge is 2.24. The van der Waals surface area contributed by atoms with E-state index >= 15 is 0 Å². The van der Waals surface area contributed by atoms with Crippen LogP contribution < -0.4 is 5.73 Å². The molecule has 4 heteroatoms. The van der Waals surface area contributed by atoms with Crippen molar-refractivity contribution in [2.24, 2.45) is 0 Å². The molecule has 0 aromatic heterocycles. The number of likely N-dealkylation sites (N-methyl/N-ethyl adjacent to an activating group) is 2. The van der Waals surface area contributed by atoms with Crippen LogP contribution in [0.4, 0.5) is 5.69 Å². The van der Waals surface area contributed by atoms with Crippen LogP contribution in [0.3, 0.4) is 0 Å².